The van der Waals surface area contributed by atoms with Crippen LogP contribution < -0.4 is 4.90 Å². The van der Waals surface area contributed by atoms with Crippen LogP contribution in [0.15, 0.2) is 24.4 Å². The van der Waals surface area contributed by atoms with Crippen LogP contribution >= 0.6 is 0 Å². The Labute approximate surface area is 114 Å². The van der Waals surface area contributed by atoms with E-state index in [2.05, 4.69) is 47.7 Å². The molecule has 4 nitrogen and oxygen atoms in total. The fourth-order valence-electron chi connectivity index (χ4n) is 2.71. The molecule has 1 aliphatic rings. The van der Waals surface area contributed by atoms with Gasteiger partial charge in [0.2, 0.25) is 0 Å². The number of nitrogens with one attached hydrogen (secondary N) is 1. The van der Waals surface area contributed by atoms with Gasteiger partial charge in [0.1, 0.15) is 5.82 Å². The van der Waals surface area contributed by atoms with Crippen molar-refractivity contribution in [1.82, 2.24) is 14.9 Å². The summed E-state index contributed by atoms with van der Waals surface area (Å²) in [6.45, 7) is 11.2. The lowest BCUT2D eigenvalue weighted by Gasteiger charge is -2.42. The number of hydrogen-bond acceptors (Lipinski definition) is 3. The molecule has 3 rings (SSSR count). The molecule has 1 fully saturated rings. The van der Waals surface area contributed by atoms with Crippen molar-refractivity contribution in [3.05, 3.63) is 24.4 Å². The van der Waals surface area contributed by atoms with Crippen molar-refractivity contribution in [3.8, 4) is 0 Å². The van der Waals surface area contributed by atoms with Crippen LogP contribution in [0.3, 0.4) is 0 Å². The number of aromatic nitrogens is 2. The van der Waals surface area contributed by atoms with Crippen LogP contribution in [0.2, 0.25) is 0 Å². The molecule has 3 heterocycles. The third-order valence-corrected chi connectivity index (χ3v) is 3.94. The number of pyridine rings is 1. The Hall–Kier alpha value is -1.55. The van der Waals surface area contributed by atoms with Gasteiger partial charge in [0.25, 0.3) is 0 Å². The second-order valence-electron chi connectivity index (χ2n) is 6.22. The predicted octanol–water partition coefficient (Wildman–Crippen LogP) is 2.48. The number of piperazine rings is 1. The Morgan fingerprint density at radius 2 is 1.79 bits per heavy atom. The summed E-state index contributed by atoms with van der Waals surface area (Å²) in [6, 6.07) is 6.27. The number of aromatic amines is 1. The topological polar surface area (TPSA) is 35.2 Å². The first-order valence-corrected chi connectivity index (χ1v) is 6.98. The monoisotopic (exact) mass is 258 g/mol. The van der Waals surface area contributed by atoms with Gasteiger partial charge >= 0.3 is 0 Å². The fraction of sp³-hybridized carbons (Fsp3) is 0.533. The van der Waals surface area contributed by atoms with Gasteiger partial charge in [-0.1, -0.05) is 0 Å². The molecule has 102 valence electrons. The molecule has 0 saturated carbocycles. The van der Waals surface area contributed by atoms with Crippen LogP contribution in [0.5, 0.6) is 0 Å². The molecular formula is C15H22N4. The van der Waals surface area contributed by atoms with Gasteiger partial charge in [-0.15, -0.1) is 0 Å². The minimum absolute atomic E-state index is 0.268. The number of hydrogen-bond donors (Lipinski definition) is 1. The summed E-state index contributed by atoms with van der Waals surface area (Å²) >= 11 is 0. The van der Waals surface area contributed by atoms with E-state index in [0.29, 0.717) is 0 Å². The zero-order chi connectivity index (χ0) is 13.5. The first-order valence-electron chi connectivity index (χ1n) is 6.98. The van der Waals surface area contributed by atoms with Crippen LogP contribution in [0.1, 0.15) is 20.8 Å². The number of H-pyrrole nitrogens is 1. The van der Waals surface area contributed by atoms with E-state index in [9.17, 15) is 0 Å². The van der Waals surface area contributed by atoms with E-state index < -0.39 is 0 Å². The molecule has 0 amide bonds. The lowest BCUT2D eigenvalue weighted by atomic mass is 10.1. The minimum atomic E-state index is 0.268. The molecule has 0 radical (unpaired) electrons. The summed E-state index contributed by atoms with van der Waals surface area (Å²) in [4.78, 5) is 12.8. The molecule has 0 spiro atoms. The Bertz CT molecular complexity index is 559. The summed E-state index contributed by atoms with van der Waals surface area (Å²) in [7, 11) is 0. The smallest absolute Gasteiger partial charge is 0.129 e. The number of rotatable bonds is 1. The second kappa shape index (κ2) is 4.53. The van der Waals surface area contributed by atoms with E-state index in [1.54, 1.807) is 0 Å². The van der Waals surface area contributed by atoms with Gasteiger partial charge in [-0.2, -0.15) is 0 Å². The maximum atomic E-state index is 4.72. The van der Waals surface area contributed by atoms with Gasteiger partial charge in [-0.25, -0.2) is 4.98 Å². The SMILES string of the molecule is CC(C)(C)N1CCN(c2ccc3[nH]ccc3n2)CC1. The summed E-state index contributed by atoms with van der Waals surface area (Å²) in [6.07, 6.45) is 1.94. The van der Waals surface area contributed by atoms with E-state index in [1.165, 1.54) is 0 Å². The Kier molecular flexibility index (Phi) is 2.97. The summed E-state index contributed by atoms with van der Waals surface area (Å²) in [5.41, 5.74) is 2.43. The van der Waals surface area contributed by atoms with Crippen molar-refractivity contribution in [3.63, 3.8) is 0 Å². The van der Waals surface area contributed by atoms with Gasteiger partial charge in [0.15, 0.2) is 0 Å². The van der Waals surface area contributed by atoms with Gasteiger partial charge in [0.05, 0.1) is 11.0 Å². The van der Waals surface area contributed by atoms with Crippen molar-refractivity contribution in [2.75, 3.05) is 31.1 Å². The fourth-order valence-corrected chi connectivity index (χ4v) is 2.71. The van der Waals surface area contributed by atoms with Crippen molar-refractivity contribution in [1.29, 1.82) is 0 Å². The molecule has 2 aromatic heterocycles. The van der Waals surface area contributed by atoms with Crippen LogP contribution in [0.25, 0.3) is 11.0 Å². The van der Waals surface area contributed by atoms with Gasteiger partial charge in [-0.3, -0.25) is 4.90 Å². The highest BCUT2D eigenvalue weighted by Gasteiger charge is 2.26. The van der Waals surface area contributed by atoms with Crippen LogP contribution in [0, 0.1) is 0 Å². The van der Waals surface area contributed by atoms with Crippen LogP contribution in [0.4, 0.5) is 5.82 Å². The Morgan fingerprint density at radius 3 is 2.47 bits per heavy atom. The van der Waals surface area contributed by atoms with E-state index >= 15 is 0 Å². The highest BCUT2D eigenvalue weighted by molar-refractivity contribution is 5.76. The zero-order valence-electron chi connectivity index (χ0n) is 12.0. The first kappa shape index (κ1) is 12.5. The van der Waals surface area contributed by atoms with Gasteiger partial charge in [0, 0.05) is 37.9 Å². The molecular weight excluding hydrogens is 236 g/mol. The van der Waals surface area contributed by atoms with Gasteiger partial charge in [-0.05, 0) is 39.0 Å². The minimum Gasteiger partial charge on any atom is -0.360 e. The molecule has 0 atom stereocenters. The second-order valence-corrected chi connectivity index (χ2v) is 6.22. The van der Waals surface area contributed by atoms with Crippen LogP contribution in [-0.2, 0) is 0 Å². The molecule has 1 N–H and O–H groups in total. The standard InChI is InChI=1S/C15H22N4/c1-15(2,3)19-10-8-18(9-11-19)14-5-4-12-13(17-14)6-7-16-12/h4-7,16H,8-11H2,1-3H3. The van der Waals surface area contributed by atoms with Crippen molar-refractivity contribution >= 4 is 16.9 Å². The molecule has 1 aliphatic heterocycles. The number of fused-ring (bicyclic) bond motifs is 1. The van der Waals surface area contributed by atoms with E-state index in [-0.39, 0.29) is 5.54 Å². The molecule has 19 heavy (non-hydrogen) atoms. The number of anilines is 1. The predicted molar refractivity (Wildman–Crippen MR) is 79.6 cm³/mol. The van der Waals surface area contributed by atoms with Crippen molar-refractivity contribution in [2.24, 2.45) is 0 Å². The summed E-state index contributed by atoms with van der Waals surface area (Å²) in [5.74, 6) is 1.10. The third-order valence-electron chi connectivity index (χ3n) is 3.94. The van der Waals surface area contributed by atoms with E-state index in [1.807, 2.05) is 12.3 Å². The quantitative estimate of drug-likeness (QED) is 0.853. The molecule has 4 heteroatoms. The largest absolute Gasteiger partial charge is 0.360 e. The van der Waals surface area contributed by atoms with Gasteiger partial charge < -0.3 is 9.88 Å². The Balaban J connectivity index is 1.74. The molecule has 0 aromatic carbocycles. The lowest BCUT2D eigenvalue weighted by Crippen LogP contribution is -2.53. The van der Waals surface area contributed by atoms with E-state index in [0.717, 1.165) is 43.0 Å². The maximum absolute atomic E-state index is 4.72. The molecule has 1 saturated heterocycles. The van der Waals surface area contributed by atoms with E-state index in [4.69, 9.17) is 4.98 Å². The molecule has 0 bridgehead atoms. The van der Waals surface area contributed by atoms with Crippen molar-refractivity contribution in [2.45, 2.75) is 26.3 Å². The zero-order valence-corrected chi connectivity index (χ0v) is 12.0. The third kappa shape index (κ3) is 2.45. The average Bonchev–Trinajstić information content (AvgIpc) is 2.85. The summed E-state index contributed by atoms with van der Waals surface area (Å²) in [5, 5.41) is 0. The summed E-state index contributed by atoms with van der Waals surface area (Å²) < 4.78 is 0. The van der Waals surface area contributed by atoms with Crippen LogP contribution in [-0.4, -0.2) is 46.6 Å². The maximum Gasteiger partial charge on any atom is 0.129 e. The molecule has 2 aromatic rings. The molecule has 0 unspecified atom stereocenters. The first-order chi connectivity index (χ1) is 9.04. The van der Waals surface area contributed by atoms with Crippen molar-refractivity contribution < 1.29 is 0 Å². The average molecular weight is 258 g/mol. The normalized spacial score (nSPS) is 18.2. The highest BCUT2D eigenvalue weighted by atomic mass is 15.3. The lowest BCUT2D eigenvalue weighted by molar-refractivity contribution is 0.128. The Morgan fingerprint density at radius 1 is 1.05 bits per heavy atom. The number of nitrogens with zero attached hydrogens (tertiary/aromatic N) is 3. The molecule has 0 aliphatic carbocycles. The highest BCUT2D eigenvalue weighted by Crippen LogP contribution is 2.21.